The molecule has 2 aromatic rings. The second-order valence-electron chi connectivity index (χ2n) is 5.67. The molecule has 0 heterocycles. The summed E-state index contributed by atoms with van der Waals surface area (Å²) in [6.45, 7) is 5.81. The maximum atomic E-state index is 12.3. The third-order valence-electron chi connectivity index (χ3n) is 3.32. The van der Waals surface area contributed by atoms with E-state index in [1.165, 1.54) is 0 Å². The average Bonchev–Trinajstić information content (AvgIpc) is 2.55. The first-order valence-electron chi connectivity index (χ1n) is 7.75. The molecule has 0 saturated carbocycles. The van der Waals surface area contributed by atoms with Crippen molar-refractivity contribution in [1.29, 1.82) is 5.26 Å². The van der Waals surface area contributed by atoms with Gasteiger partial charge >= 0.3 is 0 Å². The fourth-order valence-corrected chi connectivity index (χ4v) is 2.13. The van der Waals surface area contributed by atoms with Crippen LogP contribution in [0.5, 0.6) is 5.75 Å². The molecule has 1 N–H and O–H groups in total. The van der Waals surface area contributed by atoms with Crippen molar-refractivity contribution in [3.63, 3.8) is 0 Å². The number of carbonyl (C=O) groups excluding carboxylic acids is 1. The molecule has 122 valence electrons. The van der Waals surface area contributed by atoms with Gasteiger partial charge in [-0.2, -0.15) is 5.26 Å². The van der Waals surface area contributed by atoms with Gasteiger partial charge in [0.1, 0.15) is 17.4 Å². The summed E-state index contributed by atoms with van der Waals surface area (Å²) >= 11 is 0. The number of para-hydroxylation sites is 1. The minimum Gasteiger partial charge on any atom is -0.491 e. The number of anilines is 1. The van der Waals surface area contributed by atoms with Crippen molar-refractivity contribution in [2.45, 2.75) is 26.9 Å². The van der Waals surface area contributed by atoms with Gasteiger partial charge in [-0.15, -0.1) is 0 Å². The predicted octanol–water partition coefficient (Wildman–Crippen LogP) is 4.33. The van der Waals surface area contributed by atoms with E-state index in [1.54, 1.807) is 12.1 Å². The first kappa shape index (κ1) is 17.3. The van der Waals surface area contributed by atoms with Crippen LogP contribution >= 0.6 is 0 Å². The molecule has 4 nitrogen and oxygen atoms in total. The summed E-state index contributed by atoms with van der Waals surface area (Å²) in [6, 6.07) is 16.7. The zero-order chi connectivity index (χ0) is 17.5. The second kappa shape index (κ2) is 7.98. The van der Waals surface area contributed by atoms with E-state index in [2.05, 4.69) is 5.32 Å². The van der Waals surface area contributed by atoms with E-state index in [4.69, 9.17) is 4.74 Å². The normalized spacial score (nSPS) is 11.0. The molecule has 1 amide bonds. The van der Waals surface area contributed by atoms with Gasteiger partial charge in [-0.3, -0.25) is 4.79 Å². The number of amides is 1. The lowest BCUT2D eigenvalue weighted by molar-refractivity contribution is -0.112. The monoisotopic (exact) mass is 320 g/mol. The Kier molecular flexibility index (Phi) is 5.75. The van der Waals surface area contributed by atoms with Crippen LogP contribution in [0.25, 0.3) is 6.08 Å². The lowest BCUT2D eigenvalue weighted by atomic mass is 10.1. The molecule has 0 radical (unpaired) electrons. The van der Waals surface area contributed by atoms with Gasteiger partial charge < -0.3 is 10.1 Å². The Morgan fingerprint density at radius 1 is 1.17 bits per heavy atom. The van der Waals surface area contributed by atoms with Crippen LogP contribution in [-0.4, -0.2) is 12.0 Å². The van der Waals surface area contributed by atoms with Crippen molar-refractivity contribution < 1.29 is 9.53 Å². The summed E-state index contributed by atoms with van der Waals surface area (Å²) in [5.41, 5.74) is 2.46. The summed E-state index contributed by atoms with van der Waals surface area (Å²) in [6.07, 6.45) is 1.66. The molecule has 0 atom stereocenters. The molecule has 24 heavy (non-hydrogen) atoms. The van der Waals surface area contributed by atoms with E-state index < -0.39 is 5.91 Å². The lowest BCUT2D eigenvalue weighted by Crippen LogP contribution is -2.14. The number of aryl methyl sites for hydroxylation is 1. The van der Waals surface area contributed by atoms with Crippen LogP contribution in [0.2, 0.25) is 0 Å². The van der Waals surface area contributed by atoms with Crippen molar-refractivity contribution in [1.82, 2.24) is 0 Å². The minimum atomic E-state index is -0.422. The van der Waals surface area contributed by atoms with Crippen LogP contribution in [0.1, 0.15) is 25.0 Å². The molecular weight excluding hydrogens is 300 g/mol. The number of ether oxygens (including phenoxy) is 1. The highest BCUT2D eigenvalue weighted by Gasteiger charge is 2.10. The van der Waals surface area contributed by atoms with E-state index in [1.807, 2.05) is 69.3 Å². The van der Waals surface area contributed by atoms with Gasteiger partial charge in [0, 0.05) is 5.69 Å². The van der Waals surface area contributed by atoms with Crippen LogP contribution in [0.4, 0.5) is 5.69 Å². The zero-order valence-electron chi connectivity index (χ0n) is 14.0. The lowest BCUT2D eigenvalue weighted by Gasteiger charge is -2.09. The number of nitrogens with zero attached hydrogens (tertiary/aromatic N) is 1. The largest absolute Gasteiger partial charge is 0.491 e. The summed E-state index contributed by atoms with van der Waals surface area (Å²) < 4.78 is 5.58. The quantitative estimate of drug-likeness (QED) is 0.659. The first-order chi connectivity index (χ1) is 11.5. The molecule has 0 saturated heterocycles. The van der Waals surface area contributed by atoms with Crippen LogP contribution in [0.3, 0.4) is 0 Å². The molecule has 0 bridgehead atoms. The van der Waals surface area contributed by atoms with Gasteiger partial charge in [0.15, 0.2) is 0 Å². The first-order valence-corrected chi connectivity index (χ1v) is 7.75. The number of nitrogens with one attached hydrogen (secondary N) is 1. The maximum absolute atomic E-state index is 12.3. The summed E-state index contributed by atoms with van der Waals surface area (Å²) in [5.74, 6) is 0.333. The van der Waals surface area contributed by atoms with Crippen molar-refractivity contribution >= 4 is 17.7 Å². The van der Waals surface area contributed by atoms with Crippen molar-refractivity contribution in [2.24, 2.45) is 0 Å². The van der Waals surface area contributed by atoms with Crippen molar-refractivity contribution in [3.8, 4) is 11.8 Å². The molecule has 0 aromatic heterocycles. The van der Waals surface area contributed by atoms with E-state index >= 15 is 0 Å². The summed E-state index contributed by atoms with van der Waals surface area (Å²) in [7, 11) is 0. The van der Waals surface area contributed by atoms with E-state index in [0.717, 1.165) is 16.9 Å². The second-order valence-corrected chi connectivity index (χ2v) is 5.67. The Morgan fingerprint density at radius 2 is 1.83 bits per heavy atom. The van der Waals surface area contributed by atoms with Gasteiger partial charge in [-0.05, 0) is 56.2 Å². The third kappa shape index (κ3) is 4.72. The third-order valence-corrected chi connectivity index (χ3v) is 3.32. The summed E-state index contributed by atoms with van der Waals surface area (Å²) in [4.78, 5) is 12.3. The minimum absolute atomic E-state index is 0.0516. The number of hydrogen-bond acceptors (Lipinski definition) is 3. The van der Waals surface area contributed by atoms with Gasteiger partial charge in [0.25, 0.3) is 5.91 Å². The molecule has 2 aromatic carbocycles. The Hall–Kier alpha value is -3.06. The Balaban J connectivity index is 2.15. The van der Waals surface area contributed by atoms with E-state index in [0.29, 0.717) is 5.69 Å². The molecule has 0 aliphatic rings. The highest BCUT2D eigenvalue weighted by atomic mass is 16.5. The Labute approximate surface area is 142 Å². The number of nitriles is 1. The molecule has 0 aliphatic carbocycles. The fourth-order valence-electron chi connectivity index (χ4n) is 2.13. The van der Waals surface area contributed by atoms with E-state index in [-0.39, 0.29) is 11.7 Å². The molecule has 0 aliphatic heterocycles. The highest BCUT2D eigenvalue weighted by Crippen LogP contribution is 2.18. The zero-order valence-corrected chi connectivity index (χ0v) is 14.0. The Bertz CT molecular complexity index is 784. The van der Waals surface area contributed by atoms with E-state index in [9.17, 15) is 10.1 Å². The van der Waals surface area contributed by atoms with Crippen LogP contribution < -0.4 is 10.1 Å². The molecule has 2 rings (SSSR count). The predicted molar refractivity (Wildman–Crippen MR) is 95.6 cm³/mol. The molecule has 4 heteroatoms. The molecule has 0 fully saturated rings. The van der Waals surface area contributed by atoms with Gasteiger partial charge in [0.2, 0.25) is 0 Å². The van der Waals surface area contributed by atoms with Crippen LogP contribution in [0.15, 0.2) is 54.1 Å². The summed E-state index contributed by atoms with van der Waals surface area (Å²) in [5, 5.41) is 12.0. The van der Waals surface area contributed by atoms with Crippen LogP contribution in [-0.2, 0) is 4.79 Å². The molecule has 0 unspecified atom stereocenters. The average molecular weight is 320 g/mol. The smallest absolute Gasteiger partial charge is 0.266 e. The number of benzene rings is 2. The van der Waals surface area contributed by atoms with Crippen LogP contribution in [0, 0.1) is 18.3 Å². The Morgan fingerprint density at radius 3 is 2.42 bits per heavy atom. The van der Waals surface area contributed by atoms with Gasteiger partial charge in [-0.25, -0.2) is 0 Å². The molecule has 0 spiro atoms. The number of hydrogen-bond donors (Lipinski definition) is 1. The fraction of sp³-hybridized carbons (Fsp3) is 0.200. The van der Waals surface area contributed by atoms with Gasteiger partial charge in [-0.1, -0.05) is 30.3 Å². The van der Waals surface area contributed by atoms with Crippen molar-refractivity contribution in [3.05, 3.63) is 65.2 Å². The topological polar surface area (TPSA) is 62.1 Å². The van der Waals surface area contributed by atoms with Gasteiger partial charge in [0.05, 0.1) is 6.10 Å². The SMILES string of the molecule is Cc1ccccc1NC(=O)/C(C#N)=C/c1ccc(OC(C)C)cc1. The van der Waals surface area contributed by atoms with Crippen molar-refractivity contribution in [2.75, 3.05) is 5.32 Å². The highest BCUT2D eigenvalue weighted by molar-refractivity contribution is 6.09. The number of carbonyl (C=O) groups is 1. The maximum Gasteiger partial charge on any atom is 0.266 e. The number of rotatable bonds is 5. The molecular formula is C20H20N2O2. The standard InChI is InChI=1S/C20H20N2O2/c1-14(2)24-18-10-8-16(9-11-18)12-17(13-21)20(23)22-19-7-5-4-6-15(19)3/h4-12,14H,1-3H3,(H,22,23)/b17-12+.